The average Bonchev–Trinajstić information content (AvgIpc) is 3.14. The number of hydrogen-bond acceptors (Lipinski definition) is 2. The lowest BCUT2D eigenvalue weighted by Gasteiger charge is -2.29. The van der Waals surface area contributed by atoms with Crippen LogP contribution in [0.2, 0.25) is 0 Å². The van der Waals surface area contributed by atoms with Crippen LogP contribution in [0.25, 0.3) is 0 Å². The van der Waals surface area contributed by atoms with Crippen molar-refractivity contribution in [2.75, 3.05) is 19.6 Å². The Morgan fingerprint density at radius 3 is 1.94 bits per heavy atom. The fourth-order valence-electron chi connectivity index (χ4n) is 3.03. The molecule has 2 fully saturated rings. The standard InChI is InChI=1S/C16H32N2/c1-12(2)11-18(13(3)4)10-9-17-16(14-5-6-14)15-7-8-15/h12-17H,5-11H2,1-4H3. The second-order valence-corrected chi connectivity index (χ2v) is 7.14. The molecule has 0 bridgehead atoms. The highest BCUT2D eigenvalue weighted by Crippen LogP contribution is 2.44. The van der Waals surface area contributed by atoms with Crippen molar-refractivity contribution in [1.29, 1.82) is 0 Å². The first-order chi connectivity index (χ1) is 8.58. The Balaban J connectivity index is 1.68. The average molecular weight is 252 g/mol. The van der Waals surface area contributed by atoms with Crippen LogP contribution in [0.4, 0.5) is 0 Å². The van der Waals surface area contributed by atoms with Crippen LogP contribution >= 0.6 is 0 Å². The van der Waals surface area contributed by atoms with Gasteiger partial charge in [-0.25, -0.2) is 0 Å². The number of nitrogens with zero attached hydrogens (tertiary/aromatic N) is 1. The Morgan fingerprint density at radius 1 is 1.00 bits per heavy atom. The normalized spacial score (nSPS) is 20.7. The molecule has 2 aliphatic carbocycles. The van der Waals surface area contributed by atoms with E-state index in [0.29, 0.717) is 6.04 Å². The smallest absolute Gasteiger partial charge is 0.0124 e. The summed E-state index contributed by atoms with van der Waals surface area (Å²) in [7, 11) is 0. The maximum Gasteiger partial charge on any atom is 0.0124 e. The van der Waals surface area contributed by atoms with E-state index in [0.717, 1.165) is 23.8 Å². The van der Waals surface area contributed by atoms with E-state index in [1.54, 1.807) is 0 Å². The van der Waals surface area contributed by atoms with Crippen molar-refractivity contribution >= 4 is 0 Å². The van der Waals surface area contributed by atoms with Gasteiger partial charge in [0, 0.05) is 31.7 Å². The van der Waals surface area contributed by atoms with Crippen LogP contribution in [0.5, 0.6) is 0 Å². The van der Waals surface area contributed by atoms with Gasteiger partial charge in [-0.3, -0.25) is 4.90 Å². The molecule has 106 valence electrons. The SMILES string of the molecule is CC(C)CN(CCNC(C1CC1)C1CC1)C(C)C. The molecule has 0 saturated heterocycles. The molecule has 0 aliphatic heterocycles. The molecule has 18 heavy (non-hydrogen) atoms. The highest BCUT2D eigenvalue weighted by molar-refractivity contribution is 4.96. The van der Waals surface area contributed by atoms with Crippen LogP contribution in [-0.4, -0.2) is 36.6 Å². The molecule has 0 spiro atoms. The summed E-state index contributed by atoms with van der Waals surface area (Å²) < 4.78 is 0. The van der Waals surface area contributed by atoms with Gasteiger partial charge in [0.25, 0.3) is 0 Å². The molecule has 0 atom stereocenters. The molecule has 0 aromatic rings. The third-order valence-corrected chi connectivity index (χ3v) is 4.37. The van der Waals surface area contributed by atoms with Crippen molar-refractivity contribution < 1.29 is 0 Å². The third-order valence-electron chi connectivity index (χ3n) is 4.37. The molecule has 0 amide bonds. The van der Waals surface area contributed by atoms with Gasteiger partial charge in [0.05, 0.1) is 0 Å². The summed E-state index contributed by atoms with van der Waals surface area (Å²) in [5.41, 5.74) is 0. The minimum atomic E-state index is 0.675. The summed E-state index contributed by atoms with van der Waals surface area (Å²) in [4.78, 5) is 2.62. The van der Waals surface area contributed by atoms with E-state index in [-0.39, 0.29) is 0 Å². The Kier molecular flexibility index (Phi) is 5.08. The van der Waals surface area contributed by atoms with E-state index in [9.17, 15) is 0 Å². The van der Waals surface area contributed by atoms with Crippen LogP contribution in [-0.2, 0) is 0 Å². The van der Waals surface area contributed by atoms with Crippen molar-refractivity contribution in [2.45, 2.75) is 65.5 Å². The van der Waals surface area contributed by atoms with Crippen LogP contribution in [0.3, 0.4) is 0 Å². The number of hydrogen-bond donors (Lipinski definition) is 1. The van der Waals surface area contributed by atoms with Crippen LogP contribution in [0, 0.1) is 17.8 Å². The molecule has 2 aliphatic rings. The van der Waals surface area contributed by atoms with Crippen LogP contribution in [0.15, 0.2) is 0 Å². The predicted octanol–water partition coefficient (Wildman–Crippen LogP) is 3.13. The quantitative estimate of drug-likeness (QED) is 0.678. The van der Waals surface area contributed by atoms with Crippen LogP contribution in [0.1, 0.15) is 53.4 Å². The topological polar surface area (TPSA) is 15.3 Å². The molecule has 1 N–H and O–H groups in total. The molecular weight excluding hydrogens is 220 g/mol. The highest BCUT2D eigenvalue weighted by atomic mass is 15.2. The zero-order chi connectivity index (χ0) is 13.1. The van der Waals surface area contributed by atoms with Gasteiger partial charge in [0.2, 0.25) is 0 Å². The molecular formula is C16H32N2. The van der Waals surface area contributed by atoms with Gasteiger partial charge in [0.15, 0.2) is 0 Å². The maximum atomic E-state index is 3.86. The Morgan fingerprint density at radius 2 is 1.56 bits per heavy atom. The monoisotopic (exact) mass is 252 g/mol. The van der Waals surface area contributed by atoms with Gasteiger partial charge >= 0.3 is 0 Å². The van der Waals surface area contributed by atoms with Crippen molar-refractivity contribution in [3.8, 4) is 0 Å². The fraction of sp³-hybridized carbons (Fsp3) is 1.00. The van der Waals surface area contributed by atoms with E-state index in [1.807, 2.05) is 0 Å². The molecule has 0 radical (unpaired) electrons. The van der Waals surface area contributed by atoms with Gasteiger partial charge in [-0.05, 0) is 57.3 Å². The van der Waals surface area contributed by atoms with Gasteiger partial charge in [-0.1, -0.05) is 13.8 Å². The highest BCUT2D eigenvalue weighted by Gasteiger charge is 2.40. The van der Waals surface area contributed by atoms with Crippen molar-refractivity contribution in [2.24, 2.45) is 17.8 Å². The minimum Gasteiger partial charge on any atom is -0.312 e. The van der Waals surface area contributed by atoms with E-state index < -0.39 is 0 Å². The van der Waals surface area contributed by atoms with Crippen molar-refractivity contribution in [1.82, 2.24) is 10.2 Å². The van der Waals surface area contributed by atoms with E-state index in [4.69, 9.17) is 0 Å². The summed E-state index contributed by atoms with van der Waals surface area (Å²) >= 11 is 0. The first-order valence-corrected chi connectivity index (χ1v) is 8.05. The van der Waals surface area contributed by atoms with Crippen molar-refractivity contribution in [3.05, 3.63) is 0 Å². The predicted molar refractivity (Wildman–Crippen MR) is 78.8 cm³/mol. The zero-order valence-corrected chi connectivity index (χ0v) is 12.8. The van der Waals surface area contributed by atoms with Gasteiger partial charge in [0.1, 0.15) is 0 Å². The summed E-state index contributed by atoms with van der Waals surface area (Å²) in [6.07, 6.45) is 5.92. The molecule has 0 unspecified atom stereocenters. The lowest BCUT2D eigenvalue weighted by molar-refractivity contribution is 0.194. The summed E-state index contributed by atoms with van der Waals surface area (Å²) in [6.45, 7) is 12.9. The lowest BCUT2D eigenvalue weighted by Crippen LogP contribution is -2.42. The van der Waals surface area contributed by atoms with Gasteiger partial charge in [-0.15, -0.1) is 0 Å². The van der Waals surface area contributed by atoms with Gasteiger partial charge in [-0.2, -0.15) is 0 Å². The zero-order valence-electron chi connectivity index (χ0n) is 12.8. The first-order valence-electron chi connectivity index (χ1n) is 8.05. The Labute approximate surface area is 114 Å². The fourth-order valence-corrected chi connectivity index (χ4v) is 3.03. The maximum absolute atomic E-state index is 3.86. The first kappa shape index (κ1) is 14.3. The second-order valence-electron chi connectivity index (χ2n) is 7.14. The third kappa shape index (κ3) is 4.55. The molecule has 0 aromatic heterocycles. The number of nitrogens with one attached hydrogen (secondary N) is 1. The van der Waals surface area contributed by atoms with Gasteiger partial charge < -0.3 is 5.32 Å². The Hall–Kier alpha value is -0.0800. The molecule has 2 saturated carbocycles. The molecule has 0 aromatic carbocycles. The molecule has 2 nitrogen and oxygen atoms in total. The number of rotatable bonds is 9. The molecule has 0 heterocycles. The largest absolute Gasteiger partial charge is 0.312 e. The van der Waals surface area contributed by atoms with E-state index in [1.165, 1.54) is 45.3 Å². The summed E-state index contributed by atoms with van der Waals surface area (Å²) in [6, 6.07) is 1.53. The van der Waals surface area contributed by atoms with E-state index >= 15 is 0 Å². The van der Waals surface area contributed by atoms with E-state index in [2.05, 4.69) is 37.9 Å². The molecule has 2 heteroatoms. The second kappa shape index (κ2) is 6.38. The minimum absolute atomic E-state index is 0.675. The lowest BCUT2D eigenvalue weighted by atomic mass is 10.1. The summed E-state index contributed by atoms with van der Waals surface area (Å²) in [5.74, 6) is 2.82. The summed E-state index contributed by atoms with van der Waals surface area (Å²) in [5, 5.41) is 3.86. The van der Waals surface area contributed by atoms with Crippen LogP contribution < -0.4 is 5.32 Å². The van der Waals surface area contributed by atoms with Crippen molar-refractivity contribution in [3.63, 3.8) is 0 Å². The Bertz CT molecular complexity index is 229. The molecule has 2 rings (SSSR count).